The second kappa shape index (κ2) is 7.42. The van der Waals surface area contributed by atoms with Crippen LogP contribution >= 0.6 is 11.8 Å². The fraction of sp³-hybridized carbons (Fsp3) is 0.933. The molecule has 1 fully saturated rings. The summed E-state index contributed by atoms with van der Waals surface area (Å²) in [5, 5.41) is 10.1. The van der Waals surface area contributed by atoms with Gasteiger partial charge in [0.1, 0.15) is 7.05 Å². The summed E-state index contributed by atoms with van der Waals surface area (Å²) >= 11 is 1.63. The van der Waals surface area contributed by atoms with Crippen LogP contribution in [0.1, 0.15) is 57.8 Å². The number of aliphatic hydroxyl groups is 1. The van der Waals surface area contributed by atoms with Crippen molar-refractivity contribution >= 4 is 17.0 Å². The van der Waals surface area contributed by atoms with Crippen LogP contribution in [0.25, 0.3) is 0 Å². The number of hydrogen-bond acceptors (Lipinski definition) is 1. The molecule has 2 aliphatic rings. The van der Waals surface area contributed by atoms with Gasteiger partial charge < -0.3 is 5.11 Å². The Labute approximate surface area is 116 Å². The van der Waals surface area contributed by atoms with Gasteiger partial charge in [-0.25, -0.2) is 0 Å². The third-order valence-corrected chi connectivity index (χ3v) is 5.66. The normalized spacial score (nSPS) is 28.6. The van der Waals surface area contributed by atoms with Crippen molar-refractivity contribution in [2.75, 3.05) is 19.3 Å². The highest BCUT2D eigenvalue weighted by molar-refractivity contribution is 8.13. The average Bonchev–Trinajstić information content (AvgIpc) is 2.48. The van der Waals surface area contributed by atoms with E-state index in [0.29, 0.717) is 5.23 Å². The standard InChI is InChI=1S/C15H27NOS/c1-16-11-14(12-18-15(16)17)10-13-8-6-4-2-3-5-7-9-13/h13-14H,2-12H2,1H3/p+1. The largest absolute Gasteiger partial charge is 0.455 e. The second-order valence-electron chi connectivity index (χ2n) is 6.14. The molecule has 2 nitrogen and oxygen atoms in total. The number of aliphatic hydroxyl groups excluding tert-OH is 1. The topological polar surface area (TPSA) is 23.2 Å². The Balaban J connectivity index is 1.80. The Morgan fingerprint density at radius 1 is 1.06 bits per heavy atom. The summed E-state index contributed by atoms with van der Waals surface area (Å²) in [6.07, 6.45) is 13.0. The summed E-state index contributed by atoms with van der Waals surface area (Å²) in [5.74, 6) is 2.84. The Morgan fingerprint density at radius 3 is 2.28 bits per heavy atom. The van der Waals surface area contributed by atoms with Gasteiger partial charge in [-0.1, -0.05) is 51.4 Å². The summed E-state index contributed by atoms with van der Waals surface area (Å²) < 4.78 is 2.02. The molecule has 104 valence electrons. The quantitative estimate of drug-likeness (QED) is 0.765. The molecule has 0 radical (unpaired) electrons. The molecule has 1 heterocycles. The zero-order valence-corrected chi connectivity index (χ0v) is 12.6. The SMILES string of the molecule is C[N+]1=C(O)SCC(CC2CCCCCCCC2)C1. The van der Waals surface area contributed by atoms with Gasteiger partial charge in [-0.3, -0.25) is 0 Å². The Hall–Kier alpha value is -0.180. The molecule has 0 bridgehead atoms. The minimum atomic E-state index is 0.515. The zero-order valence-electron chi connectivity index (χ0n) is 11.7. The van der Waals surface area contributed by atoms with E-state index in [4.69, 9.17) is 0 Å². The molecule has 1 aliphatic heterocycles. The highest BCUT2D eigenvalue weighted by atomic mass is 32.2. The monoisotopic (exact) mass is 270 g/mol. The molecule has 0 spiro atoms. The van der Waals surface area contributed by atoms with Crippen LogP contribution < -0.4 is 0 Å². The maximum absolute atomic E-state index is 9.63. The van der Waals surface area contributed by atoms with Crippen LogP contribution in [0.4, 0.5) is 0 Å². The van der Waals surface area contributed by atoms with E-state index < -0.39 is 0 Å². The van der Waals surface area contributed by atoms with E-state index in [1.165, 1.54) is 57.8 Å². The molecule has 1 unspecified atom stereocenters. The van der Waals surface area contributed by atoms with Gasteiger partial charge in [-0.2, -0.15) is 4.58 Å². The molecular formula is C15H28NOS+. The summed E-state index contributed by atoms with van der Waals surface area (Å²) in [7, 11) is 2.01. The fourth-order valence-electron chi connectivity index (χ4n) is 3.39. The van der Waals surface area contributed by atoms with Crippen molar-refractivity contribution in [1.82, 2.24) is 0 Å². The lowest BCUT2D eigenvalue weighted by Gasteiger charge is -2.23. The lowest BCUT2D eigenvalue weighted by Crippen LogP contribution is -2.30. The smallest absolute Gasteiger partial charge is 0.397 e. The molecule has 1 N–H and O–H groups in total. The van der Waals surface area contributed by atoms with Crippen LogP contribution in [0.5, 0.6) is 0 Å². The lowest BCUT2D eigenvalue weighted by molar-refractivity contribution is -0.510. The van der Waals surface area contributed by atoms with E-state index in [1.54, 1.807) is 11.8 Å². The van der Waals surface area contributed by atoms with E-state index in [0.717, 1.165) is 24.1 Å². The van der Waals surface area contributed by atoms with Gasteiger partial charge >= 0.3 is 5.23 Å². The molecule has 0 amide bonds. The highest BCUT2D eigenvalue weighted by Crippen LogP contribution is 2.29. The predicted molar refractivity (Wildman–Crippen MR) is 79.7 cm³/mol. The van der Waals surface area contributed by atoms with Crippen molar-refractivity contribution in [3.63, 3.8) is 0 Å². The van der Waals surface area contributed by atoms with Crippen LogP contribution in [-0.2, 0) is 0 Å². The average molecular weight is 270 g/mol. The summed E-state index contributed by atoms with van der Waals surface area (Å²) in [4.78, 5) is 0. The molecular weight excluding hydrogens is 242 g/mol. The van der Waals surface area contributed by atoms with Crippen molar-refractivity contribution in [2.45, 2.75) is 57.8 Å². The van der Waals surface area contributed by atoms with Crippen molar-refractivity contribution in [2.24, 2.45) is 11.8 Å². The van der Waals surface area contributed by atoms with Crippen LogP contribution in [0.2, 0.25) is 0 Å². The van der Waals surface area contributed by atoms with Crippen LogP contribution in [0.3, 0.4) is 0 Å². The fourth-order valence-corrected chi connectivity index (χ4v) is 4.31. The first-order valence-corrected chi connectivity index (χ1v) is 8.64. The first-order valence-electron chi connectivity index (χ1n) is 7.65. The van der Waals surface area contributed by atoms with E-state index in [9.17, 15) is 5.11 Å². The van der Waals surface area contributed by atoms with E-state index in [-0.39, 0.29) is 0 Å². The first-order chi connectivity index (χ1) is 8.75. The third-order valence-electron chi connectivity index (χ3n) is 4.45. The molecule has 18 heavy (non-hydrogen) atoms. The Bertz CT molecular complexity index is 280. The van der Waals surface area contributed by atoms with Gasteiger partial charge in [0.05, 0.1) is 0 Å². The molecule has 0 aromatic rings. The van der Waals surface area contributed by atoms with Crippen LogP contribution in [-0.4, -0.2) is 34.3 Å². The van der Waals surface area contributed by atoms with E-state index in [2.05, 4.69) is 0 Å². The first kappa shape index (κ1) is 14.2. The van der Waals surface area contributed by atoms with Crippen LogP contribution in [0.15, 0.2) is 0 Å². The maximum Gasteiger partial charge on any atom is 0.397 e. The molecule has 1 saturated carbocycles. The molecule has 0 aromatic heterocycles. The Morgan fingerprint density at radius 2 is 1.67 bits per heavy atom. The summed E-state index contributed by atoms with van der Waals surface area (Å²) in [5.41, 5.74) is 0. The summed E-state index contributed by atoms with van der Waals surface area (Å²) in [6.45, 7) is 1.05. The molecule has 0 aromatic carbocycles. The van der Waals surface area contributed by atoms with Gasteiger partial charge in [-0.15, -0.1) is 0 Å². The number of hydrogen-bond donors (Lipinski definition) is 1. The lowest BCUT2D eigenvalue weighted by atomic mass is 9.88. The highest BCUT2D eigenvalue weighted by Gasteiger charge is 2.27. The molecule has 0 saturated heterocycles. The van der Waals surface area contributed by atoms with Crippen molar-refractivity contribution in [3.8, 4) is 0 Å². The van der Waals surface area contributed by atoms with Gasteiger partial charge in [-0.05, 0) is 24.1 Å². The maximum atomic E-state index is 9.63. The predicted octanol–water partition coefficient (Wildman–Crippen LogP) is 4.05. The van der Waals surface area contributed by atoms with E-state index >= 15 is 0 Å². The Kier molecular flexibility index (Phi) is 5.87. The van der Waals surface area contributed by atoms with Gasteiger partial charge in [0.2, 0.25) is 0 Å². The molecule has 1 aliphatic carbocycles. The third kappa shape index (κ3) is 4.49. The molecule has 1 atom stereocenters. The minimum Gasteiger partial charge on any atom is -0.455 e. The van der Waals surface area contributed by atoms with Crippen molar-refractivity contribution < 1.29 is 9.68 Å². The second-order valence-corrected chi connectivity index (χ2v) is 7.13. The van der Waals surface area contributed by atoms with Crippen molar-refractivity contribution in [1.29, 1.82) is 0 Å². The van der Waals surface area contributed by atoms with Crippen molar-refractivity contribution in [3.05, 3.63) is 0 Å². The van der Waals surface area contributed by atoms with Crippen LogP contribution in [0, 0.1) is 11.8 Å². The summed E-state index contributed by atoms with van der Waals surface area (Å²) in [6, 6.07) is 0. The van der Waals surface area contributed by atoms with Gasteiger partial charge in [0.25, 0.3) is 0 Å². The van der Waals surface area contributed by atoms with Gasteiger partial charge in [0.15, 0.2) is 6.54 Å². The number of thioether (sulfide) groups is 1. The van der Waals surface area contributed by atoms with Gasteiger partial charge in [0, 0.05) is 11.7 Å². The molecule has 2 rings (SSSR count). The molecule has 3 heteroatoms. The number of nitrogens with zero attached hydrogens (tertiary/aromatic N) is 1. The zero-order chi connectivity index (χ0) is 12.8. The van der Waals surface area contributed by atoms with E-state index in [1.807, 2.05) is 11.6 Å². The number of rotatable bonds is 2. The minimum absolute atomic E-state index is 0.515.